The Labute approximate surface area is 779 Å². The van der Waals surface area contributed by atoms with Gasteiger partial charge in [0, 0.05) is 188 Å². The van der Waals surface area contributed by atoms with E-state index in [-0.39, 0.29) is 66.4 Å². The van der Waals surface area contributed by atoms with Crippen molar-refractivity contribution in [2.75, 3.05) is 135 Å². The van der Waals surface area contributed by atoms with Crippen LogP contribution in [0.5, 0.6) is 17.2 Å². The molecule has 3 aromatic carbocycles. The lowest BCUT2D eigenvalue weighted by Gasteiger charge is -2.37. The van der Waals surface area contributed by atoms with E-state index in [1.807, 2.05) is 13.8 Å². The number of aromatic amines is 3. The lowest BCUT2D eigenvalue weighted by Crippen LogP contribution is -2.40. The number of piperidine rings is 3. The second kappa shape index (κ2) is 47.3. The van der Waals surface area contributed by atoms with Crippen LogP contribution in [-0.4, -0.2) is 203 Å². The van der Waals surface area contributed by atoms with Crippen LogP contribution in [0, 0.1) is 20.8 Å². The molecule has 0 atom stereocenters. The number of nitrogens with one attached hydrogen (secondary N) is 5. The SMILES string of the molecule is CCc1c(N(CC)C2CCOCC2)cc2oc(C3CCN(C(C)C)CC3)cc2c1C(=O)NCc1c(OC)cc(C)[nH]c1=O.CCc1c(N(CC)C2CCOCC2)cc2oc(C3CCN(C(C)C)CC3)cc2c1C(=O)NCc1c(OC)cc(C)[nH]c1=O.CCc1c(N(CC)C2CCOCC2)cc2oc(C3CCN(C(C)C)CC3)cc2c1C(N)=O.COc1cc(C)[nH]c(=O)c1CN.Cl. The second-order valence-corrected chi connectivity index (χ2v) is 36.5. The molecule has 15 rings (SSSR count). The van der Waals surface area contributed by atoms with E-state index in [2.05, 4.69) is 174 Å². The Morgan fingerprint density at radius 3 is 0.931 bits per heavy atom. The highest BCUT2D eigenvalue weighted by Crippen LogP contribution is 2.45. The third-order valence-corrected chi connectivity index (χ3v) is 27.8. The van der Waals surface area contributed by atoms with Crippen LogP contribution in [0.4, 0.5) is 17.1 Å². The molecular weight excluding hydrogens is 1680 g/mol. The number of halogens is 1. The van der Waals surface area contributed by atoms with Crippen molar-refractivity contribution in [1.29, 1.82) is 0 Å². The molecule has 9 aromatic rings. The summed E-state index contributed by atoms with van der Waals surface area (Å²) in [6, 6.07) is 20.8. The zero-order valence-corrected chi connectivity index (χ0v) is 81.9. The third-order valence-electron chi connectivity index (χ3n) is 27.8. The average Bonchev–Trinajstić information content (AvgIpc) is 1.66. The maximum Gasteiger partial charge on any atom is 0.256 e. The van der Waals surface area contributed by atoms with Gasteiger partial charge in [-0.3, -0.25) is 28.8 Å². The number of methoxy groups -OCH3 is 3. The number of pyridine rings is 3. The summed E-state index contributed by atoms with van der Waals surface area (Å²) in [5, 5.41) is 8.68. The number of primary amides is 1. The number of nitrogens with two attached hydrogens (primary N) is 2. The Morgan fingerprint density at radius 1 is 0.412 bits per heavy atom. The van der Waals surface area contributed by atoms with Crippen molar-refractivity contribution in [1.82, 2.24) is 40.3 Å². The van der Waals surface area contributed by atoms with Gasteiger partial charge in [0.05, 0.1) is 67.8 Å². The number of ether oxygens (including phenoxy) is 6. The number of aryl methyl sites for hydroxylation is 3. The number of carbonyl (C=O) groups is 3. The molecule has 0 aliphatic carbocycles. The lowest BCUT2D eigenvalue weighted by atomic mass is 9.92. The van der Waals surface area contributed by atoms with Crippen LogP contribution in [0.25, 0.3) is 32.9 Å². The number of likely N-dealkylation sites (tertiary alicyclic amines) is 3. The molecule has 9 N–H and O–H groups in total. The topological polar surface area (TPSA) is 340 Å². The average molecular weight is 1830 g/mol. The molecule has 718 valence electrons. The predicted octanol–water partition coefficient (Wildman–Crippen LogP) is 16.3. The summed E-state index contributed by atoms with van der Waals surface area (Å²) >= 11 is 0. The highest BCUT2D eigenvalue weighted by Gasteiger charge is 2.36. The Balaban J connectivity index is 0.000000179. The molecule has 6 aromatic heterocycles. The predicted molar refractivity (Wildman–Crippen MR) is 524 cm³/mol. The first kappa shape index (κ1) is 102. The number of anilines is 3. The van der Waals surface area contributed by atoms with Gasteiger partial charge in [0.15, 0.2) is 0 Å². The molecule has 6 aliphatic heterocycles. The lowest BCUT2D eigenvalue weighted by molar-refractivity contribution is 0.0845. The largest absolute Gasteiger partial charge is 0.496 e. The molecule has 28 nitrogen and oxygen atoms in total. The van der Waals surface area contributed by atoms with Crippen molar-refractivity contribution in [2.45, 2.75) is 274 Å². The minimum absolute atomic E-state index is 0. The number of amides is 3. The fourth-order valence-electron chi connectivity index (χ4n) is 20.5. The Kier molecular flexibility index (Phi) is 36.8. The molecule has 0 saturated carbocycles. The Bertz CT molecular complexity index is 5270. The molecule has 6 aliphatic rings. The van der Waals surface area contributed by atoms with Crippen LogP contribution in [0.15, 0.2) is 82.2 Å². The van der Waals surface area contributed by atoms with E-state index in [0.29, 0.717) is 129 Å². The summed E-state index contributed by atoms with van der Waals surface area (Å²) in [5.41, 5.74) is 24.6. The number of hydrogen-bond donors (Lipinski definition) is 7. The molecule has 6 fully saturated rings. The summed E-state index contributed by atoms with van der Waals surface area (Å²) in [7, 11) is 4.60. The highest BCUT2D eigenvalue weighted by atomic mass is 35.5. The fourth-order valence-corrected chi connectivity index (χ4v) is 20.5. The molecule has 0 bridgehead atoms. The third kappa shape index (κ3) is 23.8. The fraction of sp³-hybridized carbons (Fsp3) is 0.588. The molecule has 0 radical (unpaired) electrons. The first-order valence-electron chi connectivity index (χ1n) is 48.0. The van der Waals surface area contributed by atoms with Crippen molar-refractivity contribution in [3.8, 4) is 17.2 Å². The molecule has 6 saturated heterocycles. The number of H-pyrrole nitrogens is 3. The van der Waals surface area contributed by atoms with Gasteiger partial charge in [-0.25, -0.2) is 0 Å². The van der Waals surface area contributed by atoms with Crippen molar-refractivity contribution in [3.63, 3.8) is 0 Å². The monoisotopic (exact) mass is 1830 g/mol. The van der Waals surface area contributed by atoms with Crippen LogP contribution in [0.2, 0.25) is 0 Å². The summed E-state index contributed by atoms with van der Waals surface area (Å²) < 4.78 is 52.6. The summed E-state index contributed by atoms with van der Waals surface area (Å²) in [5.74, 6) is 4.64. The number of furan rings is 3. The van der Waals surface area contributed by atoms with Crippen molar-refractivity contribution >= 4 is 80.1 Å². The van der Waals surface area contributed by atoms with Gasteiger partial charge in [-0.05, 0) is 272 Å². The standard InChI is InChI=1S/2C34H48N4O5.C26H39N3O3.C8H12N2O2.ClH/c2*1-7-25-28(38(8-2)24-11-15-42-16-12-24)19-31-26(18-29(43-31)23-9-13-37(14-10-23)21(3)4)32(25)34(40)35-20-27-30(41-6)17-22(5)36-33(27)39;1-5-20-22(29(6-2)19-9-13-31-14-10-19)16-24-21(25(20)26(27)30)15-23(32-24)18-7-11-28(12-8-18)17(3)4;1-5-3-7(12-2)6(4-9)8(11)10-5;/h2*17-19,21,23-24H,7-16,20H2,1-6H3,(H,35,40)(H,36,39);15-19H,5-14H2,1-4H3,(H2,27,30);3H,4,9H2,1-2H3,(H,10,11);1H. The number of aromatic nitrogens is 3. The zero-order valence-electron chi connectivity index (χ0n) is 81.1. The molecular formula is C102H148ClN13O15. The Hall–Kier alpha value is -9.65. The van der Waals surface area contributed by atoms with Gasteiger partial charge in [-0.2, -0.15) is 0 Å². The summed E-state index contributed by atoms with van der Waals surface area (Å²) in [6.07, 6.45) is 14.2. The number of carbonyl (C=O) groups excluding carboxylic acids is 3. The first-order valence-corrected chi connectivity index (χ1v) is 48.0. The normalized spacial score (nSPS) is 16.8. The maximum atomic E-state index is 14.2. The summed E-state index contributed by atoms with van der Waals surface area (Å²) in [4.78, 5) is 101. The van der Waals surface area contributed by atoms with Crippen LogP contribution in [0.1, 0.15) is 277 Å². The van der Waals surface area contributed by atoms with Gasteiger partial charge < -0.3 is 108 Å². The van der Waals surface area contributed by atoms with Gasteiger partial charge in [0.2, 0.25) is 5.91 Å². The van der Waals surface area contributed by atoms with E-state index < -0.39 is 0 Å². The quantitative estimate of drug-likeness (QED) is 0.0229. The molecule has 12 heterocycles. The first-order chi connectivity index (χ1) is 62.6. The number of fused-ring (bicyclic) bond motifs is 3. The maximum absolute atomic E-state index is 14.2. The van der Waals surface area contributed by atoms with Crippen LogP contribution in [0.3, 0.4) is 0 Å². The minimum atomic E-state index is -0.362. The smallest absolute Gasteiger partial charge is 0.256 e. The highest BCUT2D eigenvalue weighted by molar-refractivity contribution is 6.11. The molecule has 131 heavy (non-hydrogen) atoms. The number of nitrogens with zero attached hydrogens (tertiary/aromatic N) is 6. The van der Waals surface area contributed by atoms with Crippen LogP contribution >= 0.6 is 12.4 Å². The van der Waals surface area contributed by atoms with Crippen LogP contribution in [-0.2, 0) is 53.1 Å². The van der Waals surface area contributed by atoms with Crippen molar-refractivity contribution < 1.29 is 56.1 Å². The second-order valence-electron chi connectivity index (χ2n) is 36.5. The van der Waals surface area contributed by atoms with E-state index in [1.165, 1.54) is 21.3 Å². The van der Waals surface area contributed by atoms with Gasteiger partial charge in [0.1, 0.15) is 51.3 Å². The number of hydrogen-bond acceptors (Lipinski definition) is 22. The van der Waals surface area contributed by atoms with E-state index in [9.17, 15) is 28.8 Å². The summed E-state index contributed by atoms with van der Waals surface area (Å²) in [6.45, 7) is 45.5. The van der Waals surface area contributed by atoms with Gasteiger partial charge in [-0.15, -0.1) is 12.4 Å². The van der Waals surface area contributed by atoms with Crippen molar-refractivity contribution in [3.05, 3.63) is 170 Å². The van der Waals surface area contributed by atoms with E-state index in [1.54, 1.807) is 25.1 Å². The minimum Gasteiger partial charge on any atom is -0.496 e. The molecule has 3 amide bonds. The molecule has 0 unspecified atom stereocenters. The van der Waals surface area contributed by atoms with Gasteiger partial charge >= 0.3 is 0 Å². The Morgan fingerprint density at radius 2 is 0.679 bits per heavy atom. The van der Waals surface area contributed by atoms with E-state index in [4.69, 9.17) is 53.1 Å². The van der Waals surface area contributed by atoms with E-state index in [0.717, 1.165) is 272 Å². The zero-order chi connectivity index (χ0) is 93.3. The number of rotatable bonds is 29. The van der Waals surface area contributed by atoms with Gasteiger partial charge in [0.25, 0.3) is 28.5 Å². The molecule has 29 heteroatoms. The van der Waals surface area contributed by atoms with Crippen LogP contribution < -0.4 is 67.7 Å². The van der Waals surface area contributed by atoms with Crippen molar-refractivity contribution in [2.24, 2.45) is 11.5 Å². The molecule has 0 spiro atoms. The van der Waals surface area contributed by atoms with E-state index >= 15 is 0 Å². The number of benzene rings is 3. The van der Waals surface area contributed by atoms with Gasteiger partial charge in [-0.1, -0.05) is 20.8 Å².